The van der Waals surface area contributed by atoms with Gasteiger partial charge in [-0.3, -0.25) is 0 Å². The van der Waals surface area contributed by atoms with E-state index in [-0.39, 0.29) is 0 Å². The van der Waals surface area contributed by atoms with Crippen LogP contribution < -0.4 is 10.5 Å². The molecule has 0 heterocycles. The summed E-state index contributed by atoms with van der Waals surface area (Å²) in [5, 5.41) is 2.54. The van der Waals surface area contributed by atoms with E-state index in [2.05, 4.69) is 30.3 Å². The Balaban J connectivity index is 2.27. The number of hydrogen-bond acceptors (Lipinski definition) is 2. The van der Waals surface area contributed by atoms with Gasteiger partial charge >= 0.3 is 0 Å². The lowest BCUT2D eigenvalue weighted by Crippen LogP contribution is -2.02. The molecule has 0 amide bonds. The van der Waals surface area contributed by atoms with Crippen LogP contribution in [0, 0.1) is 0 Å². The van der Waals surface area contributed by atoms with Crippen molar-refractivity contribution in [3.63, 3.8) is 0 Å². The zero-order valence-corrected chi connectivity index (χ0v) is 9.31. The molecule has 2 nitrogen and oxygen atoms in total. The molecule has 82 valence electrons. The zero-order valence-electron chi connectivity index (χ0n) is 9.31. The van der Waals surface area contributed by atoms with Crippen molar-refractivity contribution in [3.8, 4) is 5.75 Å². The number of methoxy groups -OCH3 is 1. The molecule has 1 saturated carbocycles. The average Bonchev–Trinajstić information content (AvgIpc) is 3.04. The molecule has 16 heavy (non-hydrogen) atoms. The van der Waals surface area contributed by atoms with Gasteiger partial charge in [-0.15, -0.1) is 0 Å². The maximum Gasteiger partial charge on any atom is 0.123 e. The van der Waals surface area contributed by atoms with Crippen LogP contribution in [0.15, 0.2) is 36.4 Å². The van der Waals surface area contributed by atoms with Crippen molar-refractivity contribution in [2.75, 3.05) is 7.11 Å². The highest BCUT2D eigenvalue weighted by Crippen LogP contribution is 2.46. The molecule has 0 aromatic heterocycles. The molecule has 2 atom stereocenters. The molecule has 0 radical (unpaired) electrons. The van der Waals surface area contributed by atoms with Crippen molar-refractivity contribution in [3.05, 3.63) is 42.0 Å². The minimum absolute atomic E-state index is 0.305. The SMILES string of the molecule is COc1ccc2ccccc2c1[C@H]1C[C@H]1N. The fraction of sp³-hybridized carbons (Fsp3) is 0.286. The van der Waals surface area contributed by atoms with Crippen molar-refractivity contribution in [2.24, 2.45) is 5.73 Å². The Hall–Kier alpha value is -1.54. The van der Waals surface area contributed by atoms with E-state index in [0.717, 1.165) is 12.2 Å². The summed E-state index contributed by atoms with van der Waals surface area (Å²) in [6, 6.07) is 12.9. The minimum Gasteiger partial charge on any atom is -0.496 e. The van der Waals surface area contributed by atoms with Gasteiger partial charge in [-0.05, 0) is 23.3 Å². The van der Waals surface area contributed by atoms with E-state index in [1.165, 1.54) is 16.3 Å². The van der Waals surface area contributed by atoms with Gasteiger partial charge in [-0.2, -0.15) is 0 Å². The minimum atomic E-state index is 0.305. The van der Waals surface area contributed by atoms with Gasteiger partial charge in [0.1, 0.15) is 5.75 Å². The molecular weight excluding hydrogens is 198 g/mol. The third-order valence-corrected chi connectivity index (χ3v) is 3.36. The van der Waals surface area contributed by atoms with Crippen LogP contribution in [-0.4, -0.2) is 13.2 Å². The molecule has 0 unspecified atom stereocenters. The maximum absolute atomic E-state index is 5.96. The van der Waals surface area contributed by atoms with Crippen molar-refractivity contribution in [2.45, 2.75) is 18.4 Å². The number of nitrogens with two attached hydrogens (primary N) is 1. The van der Waals surface area contributed by atoms with Crippen LogP contribution in [-0.2, 0) is 0 Å². The zero-order chi connectivity index (χ0) is 11.1. The van der Waals surface area contributed by atoms with Gasteiger partial charge in [0.2, 0.25) is 0 Å². The highest BCUT2D eigenvalue weighted by Gasteiger charge is 2.37. The summed E-state index contributed by atoms with van der Waals surface area (Å²) in [6.45, 7) is 0. The summed E-state index contributed by atoms with van der Waals surface area (Å²) >= 11 is 0. The first kappa shape index (κ1) is 9.67. The van der Waals surface area contributed by atoms with Gasteiger partial charge in [0.15, 0.2) is 0 Å². The van der Waals surface area contributed by atoms with E-state index in [1.807, 2.05) is 6.07 Å². The van der Waals surface area contributed by atoms with Gasteiger partial charge in [0.25, 0.3) is 0 Å². The normalized spacial score (nSPS) is 23.4. The van der Waals surface area contributed by atoms with Crippen LogP contribution in [0.5, 0.6) is 5.75 Å². The average molecular weight is 213 g/mol. The molecule has 3 rings (SSSR count). The van der Waals surface area contributed by atoms with Crippen LogP contribution in [0.1, 0.15) is 17.9 Å². The second-order valence-corrected chi connectivity index (χ2v) is 4.41. The van der Waals surface area contributed by atoms with Crippen LogP contribution in [0.25, 0.3) is 10.8 Å². The third-order valence-electron chi connectivity index (χ3n) is 3.36. The maximum atomic E-state index is 5.96. The summed E-state index contributed by atoms with van der Waals surface area (Å²) in [6.07, 6.45) is 1.07. The molecule has 1 fully saturated rings. The predicted molar refractivity (Wildman–Crippen MR) is 65.8 cm³/mol. The number of hydrogen-bond donors (Lipinski definition) is 1. The molecule has 2 aromatic rings. The fourth-order valence-corrected chi connectivity index (χ4v) is 2.38. The number of fused-ring (bicyclic) bond motifs is 1. The standard InChI is InChI=1S/C14H15NO/c1-16-13-7-6-9-4-2-3-5-10(9)14(13)11-8-12(11)15/h2-7,11-12H,8,15H2,1H3/t11-,12+/m0/s1. The van der Waals surface area contributed by atoms with Gasteiger partial charge in [-0.1, -0.05) is 30.3 Å². The molecule has 2 heteroatoms. The van der Waals surface area contributed by atoms with Crippen molar-refractivity contribution >= 4 is 10.8 Å². The lowest BCUT2D eigenvalue weighted by Gasteiger charge is -2.11. The molecule has 2 N–H and O–H groups in total. The second kappa shape index (κ2) is 3.49. The van der Waals surface area contributed by atoms with Gasteiger partial charge in [-0.25, -0.2) is 0 Å². The first-order valence-corrected chi connectivity index (χ1v) is 5.62. The Labute approximate surface area is 95.0 Å². The Bertz CT molecular complexity index is 535. The smallest absolute Gasteiger partial charge is 0.123 e. The van der Waals surface area contributed by atoms with Crippen LogP contribution in [0.2, 0.25) is 0 Å². The summed E-state index contributed by atoms with van der Waals surface area (Å²) in [5.74, 6) is 1.44. The lowest BCUT2D eigenvalue weighted by molar-refractivity contribution is 0.410. The van der Waals surface area contributed by atoms with E-state index < -0.39 is 0 Å². The highest BCUT2D eigenvalue weighted by molar-refractivity contribution is 5.88. The van der Waals surface area contributed by atoms with E-state index >= 15 is 0 Å². The molecule has 1 aliphatic rings. The van der Waals surface area contributed by atoms with Crippen LogP contribution in [0.3, 0.4) is 0 Å². The largest absolute Gasteiger partial charge is 0.496 e. The summed E-state index contributed by atoms with van der Waals surface area (Å²) in [7, 11) is 1.72. The predicted octanol–water partition coefficient (Wildman–Crippen LogP) is 2.66. The molecule has 1 aliphatic carbocycles. The summed E-state index contributed by atoms with van der Waals surface area (Å²) in [5.41, 5.74) is 7.24. The van der Waals surface area contributed by atoms with Crippen LogP contribution >= 0.6 is 0 Å². The van der Waals surface area contributed by atoms with Crippen molar-refractivity contribution < 1.29 is 4.74 Å². The number of benzene rings is 2. The number of rotatable bonds is 2. The fourth-order valence-electron chi connectivity index (χ4n) is 2.38. The number of ether oxygens (including phenoxy) is 1. The Morgan fingerprint density at radius 1 is 1.19 bits per heavy atom. The van der Waals surface area contributed by atoms with Crippen molar-refractivity contribution in [1.29, 1.82) is 0 Å². The highest BCUT2D eigenvalue weighted by atomic mass is 16.5. The Kier molecular flexibility index (Phi) is 2.11. The van der Waals surface area contributed by atoms with E-state index in [9.17, 15) is 0 Å². The molecule has 2 aromatic carbocycles. The second-order valence-electron chi connectivity index (χ2n) is 4.41. The molecule has 0 spiro atoms. The van der Waals surface area contributed by atoms with E-state index in [0.29, 0.717) is 12.0 Å². The van der Waals surface area contributed by atoms with Gasteiger partial charge in [0, 0.05) is 17.5 Å². The molecule has 0 bridgehead atoms. The lowest BCUT2D eigenvalue weighted by atomic mass is 10.00. The Morgan fingerprint density at radius 3 is 2.62 bits per heavy atom. The van der Waals surface area contributed by atoms with Crippen molar-refractivity contribution in [1.82, 2.24) is 0 Å². The topological polar surface area (TPSA) is 35.2 Å². The first-order valence-electron chi connectivity index (χ1n) is 5.62. The molecular formula is C14H15NO. The summed E-state index contributed by atoms with van der Waals surface area (Å²) in [4.78, 5) is 0. The molecule has 0 aliphatic heterocycles. The van der Waals surface area contributed by atoms with Crippen LogP contribution in [0.4, 0.5) is 0 Å². The molecule has 0 saturated heterocycles. The van der Waals surface area contributed by atoms with E-state index in [4.69, 9.17) is 10.5 Å². The van der Waals surface area contributed by atoms with E-state index in [1.54, 1.807) is 7.11 Å². The summed E-state index contributed by atoms with van der Waals surface area (Å²) < 4.78 is 5.45. The monoisotopic (exact) mass is 213 g/mol. The van der Waals surface area contributed by atoms with Gasteiger partial charge < -0.3 is 10.5 Å². The first-order chi connectivity index (χ1) is 7.81. The quantitative estimate of drug-likeness (QED) is 0.832. The Morgan fingerprint density at radius 2 is 1.94 bits per heavy atom. The third kappa shape index (κ3) is 1.38. The van der Waals surface area contributed by atoms with Gasteiger partial charge in [0.05, 0.1) is 7.11 Å².